The van der Waals surface area contributed by atoms with E-state index in [1.165, 1.54) is 0 Å². The van der Waals surface area contributed by atoms with Crippen LogP contribution in [0.15, 0.2) is 0 Å². The fourth-order valence-electron chi connectivity index (χ4n) is 0.485. The van der Waals surface area contributed by atoms with Crippen LogP contribution in [0.1, 0.15) is 13.3 Å². The zero-order valence-electron chi connectivity index (χ0n) is 11.1. The first-order valence-corrected chi connectivity index (χ1v) is 5.02. The van der Waals surface area contributed by atoms with E-state index in [2.05, 4.69) is 0 Å². The summed E-state index contributed by atoms with van der Waals surface area (Å²) in [6.07, 6.45) is -4.91. The van der Waals surface area contributed by atoms with Crippen molar-refractivity contribution in [3.8, 4) is 0 Å². The Morgan fingerprint density at radius 3 is 0.810 bits per heavy atom. The summed E-state index contributed by atoms with van der Waals surface area (Å²) < 4.78 is 0. The highest BCUT2D eigenvalue weighted by molar-refractivity contribution is 5.53. The third kappa shape index (κ3) is 46.4. The van der Waals surface area contributed by atoms with Gasteiger partial charge in [0, 0.05) is 5.41 Å². The molecule has 0 heterocycles. The molecule has 12 nitrogen and oxygen atoms in total. The molecule has 0 rings (SSSR count). The van der Waals surface area contributed by atoms with E-state index in [0.717, 1.165) is 0 Å². The summed E-state index contributed by atoms with van der Waals surface area (Å²) in [5, 5.41) is 67.8. The minimum absolute atomic E-state index is 0.156. The second kappa shape index (κ2) is 17.7. The molecule has 0 radical (unpaired) electrons. The van der Waals surface area contributed by atoms with Gasteiger partial charge in [-0.2, -0.15) is 0 Å². The average Bonchev–Trinajstić information content (AvgIpc) is 2.30. The van der Waals surface area contributed by atoms with Crippen molar-refractivity contribution in [1.82, 2.24) is 0 Å². The molecule has 0 aromatic carbocycles. The third-order valence-corrected chi connectivity index (χ3v) is 1.76. The standard InChI is InChI=1S/C6H14O3.3CH2O3/c1-2-6(3-7,4-8)5-9;3*2-1(3)4/h7-9H,2-5H2,1H3;3*(H2,2,3,4). The average molecular weight is 320 g/mol. The van der Waals surface area contributed by atoms with Crippen LogP contribution in [0, 0.1) is 5.41 Å². The summed E-state index contributed by atoms with van der Waals surface area (Å²) in [4.78, 5) is 25.7. The molecule has 0 aliphatic heterocycles. The van der Waals surface area contributed by atoms with Crippen molar-refractivity contribution >= 4 is 18.5 Å². The summed E-state index contributed by atoms with van der Waals surface area (Å²) in [7, 11) is 0. The molecule has 0 saturated heterocycles. The van der Waals surface area contributed by atoms with E-state index in [1.807, 2.05) is 6.92 Å². The second-order valence-electron chi connectivity index (χ2n) is 3.18. The molecule has 0 aromatic rings. The summed E-state index contributed by atoms with van der Waals surface area (Å²) in [5.74, 6) is 0. The lowest BCUT2D eigenvalue weighted by atomic mass is 9.88. The first-order valence-electron chi connectivity index (χ1n) is 5.02. The maximum Gasteiger partial charge on any atom is 0.503 e. The Bertz CT molecular complexity index is 214. The molecule has 12 heteroatoms. The number of rotatable bonds is 4. The van der Waals surface area contributed by atoms with Crippen molar-refractivity contribution in [2.75, 3.05) is 19.8 Å². The predicted octanol–water partition coefficient (Wildman–Crippen LogP) is 0.0269. The molecule has 0 spiro atoms. The zero-order valence-corrected chi connectivity index (χ0v) is 11.1. The first-order chi connectivity index (χ1) is 9.44. The van der Waals surface area contributed by atoms with E-state index in [1.54, 1.807) is 0 Å². The largest absolute Gasteiger partial charge is 0.503 e. The maximum atomic E-state index is 8.66. The zero-order chi connectivity index (χ0) is 18.1. The van der Waals surface area contributed by atoms with E-state index >= 15 is 0 Å². The predicted molar refractivity (Wildman–Crippen MR) is 65.9 cm³/mol. The van der Waals surface area contributed by atoms with Crippen LogP contribution in [0.3, 0.4) is 0 Å². The lowest BCUT2D eigenvalue weighted by molar-refractivity contribution is 0.00303. The lowest BCUT2D eigenvalue weighted by Gasteiger charge is -2.24. The number of aliphatic hydroxyl groups excluding tert-OH is 3. The van der Waals surface area contributed by atoms with Gasteiger partial charge in [-0.05, 0) is 6.42 Å². The van der Waals surface area contributed by atoms with Gasteiger partial charge in [-0.25, -0.2) is 14.4 Å². The van der Waals surface area contributed by atoms with Gasteiger partial charge >= 0.3 is 18.5 Å². The van der Waals surface area contributed by atoms with Crippen molar-refractivity contribution < 1.29 is 60.3 Å². The van der Waals surface area contributed by atoms with E-state index in [-0.39, 0.29) is 19.8 Å². The van der Waals surface area contributed by atoms with Gasteiger partial charge in [-0.1, -0.05) is 6.92 Å². The minimum Gasteiger partial charge on any atom is -0.450 e. The fraction of sp³-hybridized carbons (Fsp3) is 0.667. The molecule has 0 aromatic heterocycles. The molecule has 0 aliphatic rings. The Balaban J connectivity index is -0.000000102. The third-order valence-electron chi connectivity index (χ3n) is 1.76. The van der Waals surface area contributed by atoms with Gasteiger partial charge in [0.15, 0.2) is 0 Å². The summed E-state index contributed by atoms with van der Waals surface area (Å²) >= 11 is 0. The molecule has 0 atom stereocenters. The molecule has 0 aliphatic carbocycles. The quantitative estimate of drug-likeness (QED) is 0.333. The molecule has 0 amide bonds. The van der Waals surface area contributed by atoms with Crippen molar-refractivity contribution in [2.24, 2.45) is 5.41 Å². The van der Waals surface area contributed by atoms with Gasteiger partial charge < -0.3 is 46.0 Å². The van der Waals surface area contributed by atoms with Crippen LogP contribution >= 0.6 is 0 Å². The van der Waals surface area contributed by atoms with Gasteiger partial charge in [-0.15, -0.1) is 0 Å². The smallest absolute Gasteiger partial charge is 0.450 e. The van der Waals surface area contributed by atoms with Gasteiger partial charge in [-0.3, -0.25) is 0 Å². The Kier molecular flexibility index (Phi) is 22.8. The summed E-state index contributed by atoms with van der Waals surface area (Å²) in [6, 6.07) is 0. The normalized spacial score (nSPS) is 8.57. The number of hydrogen-bond donors (Lipinski definition) is 9. The van der Waals surface area contributed by atoms with Gasteiger partial charge in [0.05, 0.1) is 19.8 Å². The summed E-state index contributed by atoms with van der Waals surface area (Å²) in [5.41, 5.74) is -0.667. The molecule has 0 unspecified atom stereocenters. The molecule has 128 valence electrons. The molecular weight excluding hydrogens is 300 g/mol. The number of carboxylic acid groups (broad SMARTS) is 6. The lowest BCUT2D eigenvalue weighted by Crippen LogP contribution is -2.32. The van der Waals surface area contributed by atoms with E-state index < -0.39 is 23.9 Å². The van der Waals surface area contributed by atoms with Crippen LogP contribution in [0.2, 0.25) is 0 Å². The molecule has 21 heavy (non-hydrogen) atoms. The Hall–Kier alpha value is -2.31. The highest BCUT2D eigenvalue weighted by atomic mass is 16.6. The topological polar surface area (TPSA) is 233 Å². The number of aliphatic hydroxyl groups is 3. The van der Waals surface area contributed by atoms with E-state index in [0.29, 0.717) is 6.42 Å². The first kappa shape index (κ1) is 27.1. The second-order valence-corrected chi connectivity index (χ2v) is 3.18. The highest BCUT2D eigenvalue weighted by Crippen LogP contribution is 2.18. The van der Waals surface area contributed by atoms with Crippen molar-refractivity contribution in [3.63, 3.8) is 0 Å². The van der Waals surface area contributed by atoms with Crippen molar-refractivity contribution in [3.05, 3.63) is 0 Å². The van der Waals surface area contributed by atoms with Crippen LogP contribution < -0.4 is 0 Å². The maximum absolute atomic E-state index is 8.66. The van der Waals surface area contributed by atoms with Crippen LogP contribution in [-0.2, 0) is 0 Å². The summed E-state index contributed by atoms with van der Waals surface area (Å²) in [6.45, 7) is 1.35. The van der Waals surface area contributed by atoms with E-state index in [4.69, 9.17) is 60.3 Å². The monoisotopic (exact) mass is 320 g/mol. The van der Waals surface area contributed by atoms with Crippen LogP contribution in [0.25, 0.3) is 0 Å². The molecule has 0 fully saturated rings. The van der Waals surface area contributed by atoms with Gasteiger partial charge in [0.25, 0.3) is 0 Å². The Labute approximate surface area is 118 Å². The molecule has 0 saturated carbocycles. The molecule has 9 N–H and O–H groups in total. The molecular formula is C9H20O12. The minimum atomic E-state index is -1.83. The Morgan fingerprint density at radius 2 is 0.810 bits per heavy atom. The van der Waals surface area contributed by atoms with Crippen molar-refractivity contribution in [2.45, 2.75) is 13.3 Å². The van der Waals surface area contributed by atoms with Crippen LogP contribution in [0.5, 0.6) is 0 Å². The Morgan fingerprint density at radius 1 is 0.667 bits per heavy atom. The number of hydrogen-bond acceptors (Lipinski definition) is 6. The van der Waals surface area contributed by atoms with Gasteiger partial charge in [0.2, 0.25) is 0 Å². The fourth-order valence-corrected chi connectivity index (χ4v) is 0.485. The highest BCUT2D eigenvalue weighted by Gasteiger charge is 2.24. The molecule has 0 bridgehead atoms. The number of carbonyl (C=O) groups is 3. The van der Waals surface area contributed by atoms with Gasteiger partial charge in [0.1, 0.15) is 0 Å². The van der Waals surface area contributed by atoms with E-state index in [9.17, 15) is 0 Å². The SMILES string of the molecule is CCC(CO)(CO)CO.O=C(O)O.O=C(O)O.O=C(O)O. The van der Waals surface area contributed by atoms with Crippen LogP contribution in [-0.4, -0.2) is 84.2 Å². The van der Waals surface area contributed by atoms with Crippen LogP contribution in [0.4, 0.5) is 14.4 Å². The van der Waals surface area contributed by atoms with Crippen molar-refractivity contribution in [1.29, 1.82) is 0 Å².